The predicted molar refractivity (Wildman–Crippen MR) is 139 cm³/mol. The van der Waals surface area contributed by atoms with E-state index in [4.69, 9.17) is 4.74 Å². The number of thioether (sulfide) groups is 1. The van der Waals surface area contributed by atoms with Gasteiger partial charge >= 0.3 is 6.09 Å². The Morgan fingerprint density at radius 3 is 2.43 bits per heavy atom. The summed E-state index contributed by atoms with van der Waals surface area (Å²) in [6.45, 7) is 4.70. The van der Waals surface area contributed by atoms with E-state index in [2.05, 4.69) is 0 Å². The molecule has 6 nitrogen and oxygen atoms in total. The Morgan fingerprint density at radius 1 is 1.03 bits per heavy atom. The second-order valence-electron chi connectivity index (χ2n) is 8.82. The molecule has 0 bridgehead atoms. The number of aliphatic hydroxyl groups is 1. The zero-order chi connectivity index (χ0) is 24.9. The molecule has 2 atom stereocenters. The fourth-order valence-electron chi connectivity index (χ4n) is 3.96. The highest BCUT2D eigenvalue weighted by Crippen LogP contribution is 2.46. The molecule has 0 aromatic heterocycles. The van der Waals surface area contributed by atoms with Crippen molar-refractivity contribution in [2.45, 2.75) is 36.7 Å². The van der Waals surface area contributed by atoms with Crippen LogP contribution in [-0.4, -0.2) is 48.2 Å². The van der Waals surface area contributed by atoms with Gasteiger partial charge in [0.25, 0.3) is 5.91 Å². The molecule has 0 fully saturated rings. The summed E-state index contributed by atoms with van der Waals surface area (Å²) in [6.07, 6.45) is -1.68. The number of hydrogen-bond acceptors (Lipinski definition) is 5. The molecular weight excluding hydrogens is 460 g/mol. The molecule has 0 radical (unpaired) electrons. The number of fused-ring (bicyclic) bond motifs is 1. The van der Waals surface area contributed by atoms with E-state index in [1.807, 2.05) is 86.6 Å². The van der Waals surface area contributed by atoms with Gasteiger partial charge in [0.15, 0.2) is 0 Å². The summed E-state index contributed by atoms with van der Waals surface area (Å²) >= 11 is 1.50. The topological polar surface area (TPSA) is 70.1 Å². The molecule has 182 valence electrons. The molecule has 0 saturated heterocycles. The number of rotatable bonds is 6. The monoisotopic (exact) mass is 490 g/mol. The SMILES string of the molecule is Cc1ccc([C@H]2Sc3cc(C)ccc3N(CCN(C)C(=O)OCc3ccccc3)C(=O)[C@H]2O)cc1. The van der Waals surface area contributed by atoms with Crippen LogP contribution in [0.5, 0.6) is 0 Å². The quantitative estimate of drug-likeness (QED) is 0.520. The van der Waals surface area contributed by atoms with Gasteiger partial charge in [0, 0.05) is 25.0 Å². The number of aliphatic hydroxyl groups excluding tert-OH is 1. The fraction of sp³-hybridized carbons (Fsp3) is 0.286. The Labute approximate surface area is 210 Å². The van der Waals surface area contributed by atoms with Gasteiger partial charge in [-0.05, 0) is 42.7 Å². The van der Waals surface area contributed by atoms with E-state index in [9.17, 15) is 14.7 Å². The first-order chi connectivity index (χ1) is 16.8. The van der Waals surface area contributed by atoms with Crippen LogP contribution in [0.1, 0.15) is 27.5 Å². The second kappa shape index (κ2) is 11.0. The molecule has 0 unspecified atom stereocenters. The highest BCUT2D eigenvalue weighted by Gasteiger charge is 2.37. The van der Waals surface area contributed by atoms with E-state index >= 15 is 0 Å². The van der Waals surface area contributed by atoms with E-state index < -0.39 is 17.4 Å². The fourth-order valence-corrected chi connectivity index (χ4v) is 5.32. The first kappa shape index (κ1) is 24.8. The molecule has 0 aliphatic carbocycles. The molecule has 3 aromatic carbocycles. The molecule has 1 heterocycles. The number of carbonyl (C=O) groups excluding carboxylic acids is 2. The van der Waals surface area contributed by atoms with Gasteiger partial charge in [-0.25, -0.2) is 4.79 Å². The molecular formula is C28H30N2O4S. The molecule has 7 heteroatoms. The lowest BCUT2D eigenvalue weighted by atomic mass is 10.0. The average Bonchev–Trinajstić information content (AvgIpc) is 2.96. The van der Waals surface area contributed by atoms with Crippen molar-refractivity contribution >= 4 is 29.4 Å². The maximum Gasteiger partial charge on any atom is 0.409 e. The maximum absolute atomic E-state index is 13.5. The minimum absolute atomic E-state index is 0.183. The summed E-state index contributed by atoms with van der Waals surface area (Å²) in [4.78, 5) is 29.9. The Morgan fingerprint density at radius 2 is 1.71 bits per heavy atom. The minimum atomic E-state index is -1.22. The second-order valence-corrected chi connectivity index (χ2v) is 10.0. The number of anilines is 1. The third kappa shape index (κ3) is 5.86. The lowest BCUT2D eigenvalue weighted by molar-refractivity contribution is -0.126. The number of aryl methyl sites for hydroxylation is 2. The van der Waals surface area contributed by atoms with Gasteiger partial charge in [-0.15, -0.1) is 11.8 Å². The highest BCUT2D eigenvalue weighted by molar-refractivity contribution is 7.99. The predicted octanol–water partition coefficient (Wildman–Crippen LogP) is 5.11. The molecule has 0 saturated carbocycles. The first-order valence-corrected chi connectivity index (χ1v) is 12.5. The third-order valence-electron chi connectivity index (χ3n) is 6.05. The van der Waals surface area contributed by atoms with Crippen molar-refractivity contribution < 1.29 is 19.4 Å². The maximum atomic E-state index is 13.5. The van der Waals surface area contributed by atoms with Crippen LogP contribution in [0.4, 0.5) is 10.5 Å². The number of ether oxygens (including phenoxy) is 1. The van der Waals surface area contributed by atoms with Gasteiger partial charge in [-0.1, -0.05) is 66.2 Å². The normalized spacial score (nSPS) is 17.5. The number of carbonyl (C=O) groups is 2. The van der Waals surface area contributed by atoms with Crippen LogP contribution >= 0.6 is 11.8 Å². The Bertz CT molecular complexity index is 1180. The van der Waals surface area contributed by atoms with Crippen molar-refractivity contribution in [1.29, 1.82) is 0 Å². The van der Waals surface area contributed by atoms with Crippen molar-refractivity contribution in [3.05, 3.63) is 95.1 Å². The van der Waals surface area contributed by atoms with Gasteiger partial charge < -0.3 is 19.6 Å². The van der Waals surface area contributed by atoms with Crippen LogP contribution < -0.4 is 4.90 Å². The van der Waals surface area contributed by atoms with Crippen LogP contribution in [0, 0.1) is 13.8 Å². The Balaban J connectivity index is 1.50. The Hall–Kier alpha value is -3.29. The number of hydrogen-bond donors (Lipinski definition) is 1. The van der Waals surface area contributed by atoms with Crippen LogP contribution in [0.2, 0.25) is 0 Å². The number of benzene rings is 3. The third-order valence-corrected chi connectivity index (χ3v) is 7.41. The number of likely N-dealkylation sites (N-methyl/N-ethyl adjacent to an activating group) is 1. The van der Waals surface area contributed by atoms with Crippen LogP contribution in [0.25, 0.3) is 0 Å². The highest BCUT2D eigenvalue weighted by atomic mass is 32.2. The van der Waals surface area contributed by atoms with E-state index in [0.717, 1.165) is 32.8 Å². The average molecular weight is 491 g/mol. The summed E-state index contributed by atoms with van der Waals surface area (Å²) in [6, 6.07) is 23.3. The first-order valence-electron chi connectivity index (χ1n) is 11.6. The van der Waals surface area contributed by atoms with Gasteiger partial charge in [0.2, 0.25) is 0 Å². The van der Waals surface area contributed by atoms with Crippen molar-refractivity contribution in [3.63, 3.8) is 0 Å². The van der Waals surface area contributed by atoms with Crippen molar-refractivity contribution in [2.75, 3.05) is 25.0 Å². The van der Waals surface area contributed by atoms with Gasteiger partial charge in [-0.3, -0.25) is 4.79 Å². The van der Waals surface area contributed by atoms with Crippen molar-refractivity contribution in [1.82, 2.24) is 4.90 Å². The summed E-state index contributed by atoms with van der Waals surface area (Å²) in [7, 11) is 1.64. The molecule has 4 rings (SSSR count). The summed E-state index contributed by atoms with van der Waals surface area (Å²) < 4.78 is 5.40. The van der Waals surface area contributed by atoms with Gasteiger partial charge in [-0.2, -0.15) is 0 Å². The zero-order valence-corrected chi connectivity index (χ0v) is 21.0. The Kier molecular flexibility index (Phi) is 7.78. The van der Waals surface area contributed by atoms with Crippen molar-refractivity contribution in [2.24, 2.45) is 0 Å². The van der Waals surface area contributed by atoms with Gasteiger partial charge in [0.05, 0.1) is 10.9 Å². The van der Waals surface area contributed by atoms with E-state index in [0.29, 0.717) is 0 Å². The van der Waals surface area contributed by atoms with Crippen molar-refractivity contribution in [3.8, 4) is 0 Å². The minimum Gasteiger partial charge on any atom is -0.445 e. The summed E-state index contributed by atoms with van der Waals surface area (Å²) in [5.41, 5.74) is 4.74. The molecule has 1 aliphatic rings. The molecule has 1 N–H and O–H groups in total. The summed E-state index contributed by atoms with van der Waals surface area (Å²) in [5.74, 6) is -0.378. The van der Waals surface area contributed by atoms with Crippen LogP contribution in [0.15, 0.2) is 77.7 Å². The molecule has 2 amide bonds. The van der Waals surface area contributed by atoms with E-state index in [-0.39, 0.29) is 25.6 Å². The standard InChI is InChI=1S/C28H30N2O4S/c1-19-9-12-22(13-10-19)26-25(31)27(32)30(23-14-11-20(2)17-24(23)35-26)16-15-29(3)28(33)34-18-21-7-5-4-6-8-21/h4-14,17,25-26,31H,15-16,18H2,1-3H3/t25-,26+/m0/s1. The van der Waals surface area contributed by atoms with Gasteiger partial charge in [0.1, 0.15) is 12.7 Å². The molecule has 1 aliphatic heterocycles. The van der Waals surface area contributed by atoms with Crippen LogP contribution in [0.3, 0.4) is 0 Å². The molecule has 3 aromatic rings. The lowest BCUT2D eigenvalue weighted by Gasteiger charge is -2.27. The van der Waals surface area contributed by atoms with E-state index in [1.54, 1.807) is 11.9 Å². The summed E-state index contributed by atoms with van der Waals surface area (Å²) in [5, 5.41) is 10.7. The zero-order valence-electron chi connectivity index (χ0n) is 20.2. The molecule has 35 heavy (non-hydrogen) atoms. The number of amides is 2. The largest absolute Gasteiger partial charge is 0.445 e. The molecule has 0 spiro atoms. The van der Waals surface area contributed by atoms with Crippen LogP contribution in [-0.2, 0) is 16.1 Å². The van der Waals surface area contributed by atoms with E-state index in [1.165, 1.54) is 16.7 Å². The number of nitrogens with zero attached hydrogens (tertiary/aromatic N) is 2. The smallest absolute Gasteiger partial charge is 0.409 e. The lowest BCUT2D eigenvalue weighted by Crippen LogP contribution is -2.44.